The lowest BCUT2D eigenvalue weighted by Gasteiger charge is -2.29. The maximum atomic E-state index is 8.72. The van der Waals surface area contributed by atoms with Crippen molar-refractivity contribution < 1.29 is 19.4 Å². The second-order valence-corrected chi connectivity index (χ2v) is 5.12. The van der Waals surface area contributed by atoms with Crippen molar-refractivity contribution in [2.45, 2.75) is 37.9 Å². The van der Waals surface area contributed by atoms with E-state index in [2.05, 4.69) is 5.16 Å². The van der Waals surface area contributed by atoms with Crippen molar-refractivity contribution in [3.63, 3.8) is 0 Å². The van der Waals surface area contributed by atoms with Crippen molar-refractivity contribution in [3.8, 4) is 11.5 Å². The van der Waals surface area contributed by atoms with Crippen LogP contribution in [0.1, 0.15) is 31.2 Å². The molecule has 1 aromatic rings. The van der Waals surface area contributed by atoms with Gasteiger partial charge in [-0.1, -0.05) is 5.16 Å². The summed E-state index contributed by atoms with van der Waals surface area (Å²) in [4.78, 5) is 0. The van der Waals surface area contributed by atoms with Crippen LogP contribution in [-0.4, -0.2) is 37.5 Å². The van der Waals surface area contributed by atoms with E-state index in [-0.39, 0.29) is 18.0 Å². The van der Waals surface area contributed by atoms with E-state index in [0.717, 1.165) is 25.7 Å². The molecule has 2 atom stereocenters. The van der Waals surface area contributed by atoms with Gasteiger partial charge in [-0.15, -0.1) is 0 Å². The van der Waals surface area contributed by atoms with Gasteiger partial charge in [-0.25, -0.2) is 0 Å². The molecule has 1 aromatic carbocycles. The summed E-state index contributed by atoms with van der Waals surface area (Å²) in [6, 6.07) is 5.22. The number of benzene rings is 1. The molecule has 2 unspecified atom stereocenters. The van der Waals surface area contributed by atoms with Gasteiger partial charge >= 0.3 is 0 Å². The molecule has 0 radical (unpaired) electrons. The van der Waals surface area contributed by atoms with Crippen LogP contribution in [0.4, 0.5) is 0 Å². The van der Waals surface area contributed by atoms with Crippen molar-refractivity contribution in [2.75, 3.05) is 14.2 Å². The van der Waals surface area contributed by atoms with Gasteiger partial charge in [-0.05, 0) is 37.5 Å². The van der Waals surface area contributed by atoms with Crippen LogP contribution in [0, 0.1) is 0 Å². The smallest absolute Gasteiger partial charge is 0.170 e. The van der Waals surface area contributed by atoms with Gasteiger partial charge in [-0.2, -0.15) is 0 Å². The molecular weight excluding hydrogens is 272 g/mol. The SMILES string of the molecule is COc1cc(C(N)=NO)ccc1OC1CCCC(OC)C1. The molecule has 3 N–H and O–H groups in total. The van der Waals surface area contributed by atoms with Crippen molar-refractivity contribution in [1.82, 2.24) is 0 Å². The van der Waals surface area contributed by atoms with Crippen LogP contribution in [0.3, 0.4) is 0 Å². The summed E-state index contributed by atoms with van der Waals surface area (Å²) in [5, 5.41) is 11.7. The highest BCUT2D eigenvalue weighted by Crippen LogP contribution is 2.32. The van der Waals surface area contributed by atoms with Gasteiger partial charge in [0.1, 0.15) is 6.10 Å². The van der Waals surface area contributed by atoms with Crippen LogP contribution >= 0.6 is 0 Å². The van der Waals surface area contributed by atoms with Gasteiger partial charge in [0.2, 0.25) is 0 Å². The van der Waals surface area contributed by atoms with E-state index < -0.39 is 0 Å². The second kappa shape index (κ2) is 7.17. The Labute approximate surface area is 124 Å². The molecule has 0 heterocycles. The molecule has 1 fully saturated rings. The molecule has 0 amide bonds. The Morgan fingerprint density at radius 1 is 1.24 bits per heavy atom. The normalized spacial score (nSPS) is 22.9. The first kappa shape index (κ1) is 15.4. The van der Waals surface area contributed by atoms with Crippen LogP contribution in [0.15, 0.2) is 23.4 Å². The Balaban J connectivity index is 2.12. The minimum atomic E-state index is 0.0389. The largest absolute Gasteiger partial charge is 0.493 e. The summed E-state index contributed by atoms with van der Waals surface area (Å²) >= 11 is 0. The summed E-state index contributed by atoms with van der Waals surface area (Å²) < 4.78 is 16.8. The lowest BCUT2D eigenvalue weighted by molar-refractivity contribution is 0.0202. The molecule has 0 aromatic heterocycles. The zero-order valence-electron chi connectivity index (χ0n) is 12.4. The van der Waals surface area contributed by atoms with Crippen LogP contribution in [-0.2, 0) is 4.74 Å². The van der Waals surface area contributed by atoms with Crippen molar-refractivity contribution >= 4 is 5.84 Å². The lowest BCUT2D eigenvalue weighted by Crippen LogP contribution is -2.29. The summed E-state index contributed by atoms with van der Waals surface area (Å²) in [7, 11) is 3.30. The van der Waals surface area contributed by atoms with Gasteiger partial charge in [0, 0.05) is 19.1 Å². The van der Waals surface area contributed by atoms with Gasteiger partial charge in [0.15, 0.2) is 17.3 Å². The molecular formula is C15H22N2O4. The zero-order chi connectivity index (χ0) is 15.2. The van der Waals surface area contributed by atoms with Crippen molar-refractivity contribution in [1.29, 1.82) is 0 Å². The van der Waals surface area contributed by atoms with Crippen molar-refractivity contribution in [3.05, 3.63) is 23.8 Å². The molecule has 2 rings (SSSR count). The molecule has 6 heteroatoms. The van der Waals surface area contributed by atoms with Gasteiger partial charge < -0.3 is 25.2 Å². The molecule has 116 valence electrons. The first-order valence-electron chi connectivity index (χ1n) is 7.03. The number of hydrogen-bond donors (Lipinski definition) is 2. The Hall–Kier alpha value is -1.95. The molecule has 1 aliphatic carbocycles. The summed E-state index contributed by atoms with van der Waals surface area (Å²) in [5.41, 5.74) is 6.16. The van der Waals surface area contributed by atoms with Gasteiger partial charge in [0.05, 0.1) is 13.2 Å². The number of methoxy groups -OCH3 is 2. The number of rotatable bonds is 5. The van der Waals surface area contributed by atoms with Gasteiger partial charge in [-0.3, -0.25) is 0 Å². The van der Waals surface area contributed by atoms with Crippen LogP contribution in [0.5, 0.6) is 11.5 Å². The standard InChI is InChI=1S/C15H22N2O4/c1-19-11-4-3-5-12(9-11)21-13-7-6-10(15(16)17-18)8-14(13)20-2/h6-8,11-12,18H,3-5,9H2,1-2H3,(H2,16,17). The first-order chi connectivity index (χ1) is 10.2. The Morgan fingerprint density at radius 2 is 2.00 bits per heavy atom. The van der Waals surface area contributed by atoms with E-state index in [4.69, 9.17) is 25.2 Å². The van der Waals surface area contributed by atoms with Crippen LogP contribution in [0.2, 0.25) is 0 Å². The molecule has 0 aliphatic heterocycles. The third kappa shape index (κ3) is 3.78. The van der Waals surface area contributed by atoms with Crippen LogP contribution < -0.4 is 15.2 Å². The number of hydrogen-bond acceptors (Lipinski definition) is 5. The van der Waals surface area contributed by atoms with E-state index >= 15 is 0 Å². The fourth-order valence-electron chi connectivity index (χ4n) is 2.58. The average Bonchev–Trinajstić information content (AvgIpc) is 2.54. The molecule has 21 heavy (non-hydrogen) atoms. The molecule has 0 spiro atoms. The number of ether oxygens (including phenoxy) is 3. The Bertz CT molecular complexity index is 504. The van der Waals surface area contributed by atoms with Crippen molar-refractivity contribution in [2.24, 2.45) is 10.9 Å². The van der Waals surface area contributed by atoms with E-state index in [1.807, 2.05) is 0 Å². The molecule has 1 saturated carbocycles. The third-order valence-corrected chi connectivity index (χ3v) is 3.77. The quantitative estimate of drug-likeness (QED) is 0.376. The zero-order valence-corrected chi connectivity index (χ0v) is 12.4. The molecule has 1 aliphatic rings. The Morgan fingerprint density at radius 3 is 2.67 bits per heavy atom. The fraction of sp³-hybridized carbons (Fsp3) is 0.533. The monoisotopic (exact) mass is 294 g/mol. The van der Waals surface area contributed by atoms with E-state index in [1.54, 1.807) is 32.4 Å². The highest BCUT2D eigenvalue weighted by molar-refractivity contribution is 5.97. The minimum Gasteiger partial charge on any atom is -0.493 e. The Kier molecular flexibility index (Phi) is 5.27. The van der Waals surface area contributed by atoms with E-state index in [1.165, 1.54) is 0 Å². The third-order valence-electron chi connectivity index (χ3n) is 3.77. The summed E-state index contributed by atoms with van der Waals surface area (Å²) in [5.74, 6) is 1.27. The maximum absolute atomic E-state index is 8.72. The summed E-state index contributed by atoms with van der Waals surface area (Å²) in [6.07, 6.45) is 4.43. The van der Waals surface area contributed by atoms with Crippen LogP contribution in [0.25, 0.3) is 0 Å². The molecule has 0 bridgehead atoms. The number of nitrogens with zero attached hydrogens (tertiary/aromatic N) is 1. The fourth-order valence-corrected chi connectivity index (χ4v) is 2.58. The number of oxime groups is 1. The average molecular weight is 294 g/mol. The predicted molar refractivity (Wildman–Crippen MR) is 79.2 cm³/mol. The number of nitrogens with two attached hydrogens (primary N) is 1. The molecule has 0 saturated heterocycles. The highest BCUT2D eigenvalue weighted by Gasteiger charge is 2.24. The first-order valence-corrected chi connectivity index (χ1v) is 7.03. The molecule has 6 nitrogen and oxygen atoms in total. The van der Waals surface area contributed by atoms with E-state index in [0.29, 0.717) is 17.1 Å². The van der Waals surface area contributed by atoms with Gasteiger partial charge in [0.25, 0.3) is 0 Å². The second-order valence-electron chi connectivity index (χ2n) is 5.12. The number of amidine groups is 1. The maximum Gasteiger partial charge on any atom is 0.170 e. The summed E-state index contributed by atoms with van der Waals surface area (Å²) in [6.45, 7) is 0. The minimum absolute atomic E-state index is 0.0389. The lowest BCUT2D eigenvalue weighted by atomic mass is 9.95. The highest BCUT2D eigenvalue weighted by atomic mass is 16.5. The predicted octanol–water partition coefficient (Wildman–Crippen LogP) is 2.13. The van der Waals surface area contributed by atoms with E-state index in [9.17, 15) is 0 Å². The topological polar surface area (TPSA) is 86.3 Å².